The summed E-state index contributed by atoms with van der Waals surface area (Å²) in [6.45, 7) is 0.529. The molecule has 6 nitrogen and oxygen atoms in total. The molecule has 25 heavy (non-hydrogen) atoms. The summed E-state index contributed by atoms with van der Waals surface area (Å²) in [4.78, 5) is 35.2. The summed E-state index contributed by atoms with van der Waals surface area (Å²) in [7, 11) is 0. The molecule has 0 saturated heterocycles. The number of carbonyl (C=O) groups excluding carboxylic acids is 3. The number of hydrogen-bond acceptors (Lipinski definition) is 3. The lowest BCUT2D eigenvalue weighted by atomic mass is 10.1. The fraction of sp³-hybridized carbons (Fsp3) is 0.211. The Kier molecular flexibility index (Phi) is 7.18. The molecule has 3 amide bonds. The van der Waals surface area contributed by atoms with Crippen molar-refractivity contribution in [2.24, 2.45) is 0 Å². The molecule has 2 aromatic carbocycles. The summed E-state index contributed by atoms with van der Waals surface area (Å²) in [5.74, 6) is -0.694. The quantitative estimate of drug-likeness (QED) is 0.624. The molecule has 0 fully saturated rings. The molecule has 2 rings (SSSR count). The standard InChI is InChI=1S/C19H21N3O3/c23-17(13-15-7-3-1-4-8-15)22-14-18(24)20-11-12-21-19(25)16-9-5-2-6-10-16/h1-10H,11-14H2,(H,20,24)(H,21,25)(H,22,23). The lowest BCUT2D eigenvalue weighted by molar-refractivity contribution is -0.125. The van der Waals surface area contributed by atoms with Crippen LogP contribution in [0.5, 0.6) is 0 Å². The Balaban J connectivity index is 1.58. The van der Waals surface area contributed by atoms with Crippen molar-refractivity contribution in [3.63, 3.8) is 0 Å². The summed E-state index contributed by atoms with van der Waals surface area (Å²) in [5.41, 5.74) is 1.46. The molecule has 3 N–H and O–H groups in total. The highest BCUT2D eigenvalue weighted by Crippen LogP contribution is 1.99. The van der Waals surface area contributed by atoms with Crippen molar-refractivity contribution < 1.29 is 14.4 Å². The predicted octanol–water partition coefficient (Wildman–Crippen LogP) is 0.892. The van der Waals surface area contributed by atoms with Crippen molar-refractivity contribution in [3.8, 4) is 0 Å². The Hall–Kier alpha value is -3.15. The fourth-order valence-electron chi connectivity index (χ4n) is 2.15. The van der Waals surface area contributed by atoms with Gasteiger partial charge in [-0.1, -0.05) is 48.5 Å². The molecule has 2 aromatic rings. The van der Waals surface area contributed by atoms with Crippen molar-refractivity contribution in [2.75, 3.05) is 19.6 Å². The van der Waals surface area contributed by atoms with E-state index >= 15 is 0 Å². The predicted molar refractivity (Wildman–Crippen MR) is 94.9 cm³/mol. The largest absolute Gasteiger partial charge is 0.353 e. The van der Waals surface area contributed by atoms with Crippen molar-refractivity contribution >= 4 is 17.7 Å². The van der Waals surface area contributed by atoms with Gasteiger partial charge in [-0.05, 0) is 17.7 Å². The van der Waals surface area contributed by atoms with Crippen LogP contribution < -0.4 is 16.0 Å². The number of rotatable bonds is 8. The molecule has 0 saturated carbocycles. The first kappa shape index (κ1) is 18.2. The van der Waals surface area contributed by atoms with Crippen molar-refractivity contribution in [3.05, 3.63) is 71.8 Å². The van der Waals surface area contributed by atoms with E-state index in [1.807, 2.05) is 36.4 Å². The monoisotopic (exact) mass is 339 g/mol. The van der Waals surface area contributed by atoms with Crippen LogP contribution in [0.1, 0.15) is 15.9 Å². The van der Waals surface area contributed by atoms with E-state index in [1.165, 1.54) is 0 Å². The first-order chi connectivity index (χ1) is 12.1. The Morgan fingerprint density at radius 1 is 0.680 bits per heavy atom. The van der Waals surface area contributed by atoms with E-state index in [-0.39, 0.29) is 30.7 Å². The molecule has 0 radical (unpaired) electrons. The van der Waals surface area contributed by atoms with Gasteiger partial charge in [0.25, 0.3) is 5.91 Å². The van der Waals surface area contributed by atoms with Crippen LogP contribution >= 0.6 is 0 Å². The van der Waals surface area contributed by atoms with Crippen LogP contribution in [-0.4, -0.2) is 37.4 Å². The lowest BCUT2D eigenvalue weighted by Gasteiger charge is -2.08. The first-order valence-corrected chi connectivity index (χ1v) is 8.06. The average Bonchev–Trinajstić information content (AvgIpc) is 2.65. The van der Waals surface area contributed by atoms with Crippen LogP contribution in [0.25, 0.3) is 0 Å². The first-order valence-electron chi connectivity index (χ1n) is 8.06. The van der Waals surface area contributed by atoms with Gasteiger partial charge in [0.1, 0.15) is 0 Å². The highest BCUT2D eigenvalue weighted by atomic mass is 16.2. The summed E-state index contributed by atoms with van der Waals surface area (Å²) >= 11 is 0. The van der Waals surface area contributed by atoms with E-state index in [0.29, 0.717) is 18.7 Å². The lowest BCUT2D eigenvalue weighted by Crippen LogP contribution is -2.40. The third-order valence-corrected chi connectivity index (χ3v) is 3.42. The maximum absolute atomic E-state index is 11.8. The van der Waals surface area contributed by atoms with E-state index < -0.39 is 0 Å². The Morgan fingerprint density at radius 2 is 1.28 bits per heavy atom. The minimum absolute atomic E-state index is 0.0850. The zero-order valence-electron chi connectivity index (χ0n) is 13.8. The Labute approximate surface area is 146 Å². The minimum Gasteiger partial charge on any atom is -0.353 e. The van der Waals surface area contributed by atoms with Gasteiger partial charge in [-0.25, -0.2) is 0 Å². The van der Waals surface area contributed by atoms with Crippen molar-refractivity contribution in [1.29, 1.82) is 0 Å². The van der Waals surface area contributed by atoms with Crippen molar-refractivity contribution in [2.45, 2.75) is 6.42 Å². The number of amides is 3. The third kappa shape index (κ3) is 6.87. The van der Waals surface area contributed by atoms with Crippen LogP contribution in [0.15, 0.2) is 60.7 Å². The minimum atomic E-state index is -0.296. The van der Waals surface area contributed by atoms with Gasteiger partial charge in [-0.15, -0.1) is 0 Å². The summed E-state index contributed by atoms with van der Waals surface area (Å²) in [6.07, 6.45) is 0.237. The molecule has 0 aromatic heterocycles. The molecule has 0 aliphatic carbocycles. The molecule has 0 unspecified atom stereocenters. The van der Waals surface area contributed by atoms with Gasteiger partial charge >= 0.3 is 0 Å². The molecule has 0 spiro atoms. The zero-order valence-corrected chi connectivity index (χ0v) is 13.8. The van der Waals surface area contributed by atoms with Gasteiger partial charge in [0, 0.05) is 18.7 Å². The second-order valence-corrected chi connectivity index (χ2v) is 5.41. The number of carbonyl (C=O) groups is 3. The second kappa shape index (κ2) is 9.87. The number of nitrogens with one attached hydrogen (secondary N) is 3. The Morgan fingerprint density at radius 3 is 1.96 bits per heavy atom. The topological polar surface area (TPSA) is 87.3 Å². The van der Waals surface area contributed by atoms with Gasteiger partial charge in [-0.3, -0.25) is 14.4 Å². The van der Waals surface area contributed by atoms with Crippen molar-refractivity contribution in [1.82, 2.24) is 16.0 Å². The van der Waals surface area contributed by atoms with Gasteiger partial charge in [-0.2, -0.15) is 0 Å². The van der Waals surface area contributed by atoms with Crippen LogP contribution in [0.2, 0.25) is 0 Å². The van der Waals surface area contributed by atoms with Crippen LogP contribution in [0.3, 0.4) is 0 Å². The molecular formula is C19H21N3O3. The van der Waals surface area contributed by atoms with E-state index in [2.05, 4.69) is 16.0 Å². The summed E-state index contributed by atoms with van der Waals surface area (Å²) in [6, 6.07) is 18.2. The number of hydrogen-bond donors (Lipinski definition) is 3. The highest BCUT2D eigenvalue weighted by Gasteiger charge is 2.07. The summed E-state index contributed by atoms with van der Waals surface area (Å²) in [5, 5.41) is 7.92. The maximum atomic E-state index is 11.8. The smallest absolute Gasteiger partial charge is 0.251 e. The normalized spacial score (nSPS) is 9.92. The van der Waals surface area contributed by atoms with Gasteiger partial charge in [0.2, 0.25) is 11.8 Å². The molecular weight excluding hydrogens is 318 g/mol. The Bertz CT molecular complexity index is 702. The molecule has 0 bridgehead atoms. The SMILES string of the molecule is O=C(CNC(=O)Cc1ccccc1)NCCNC(=O)c1ccccc1. The van der Waals surface area contributed by atoms with E-state index in [1.54, 1.807) is 24.3 Å². The molecule has 0 heterocycles. The van der Waals surface area contributed by atoms with E-state index in [4.69, 9.17) is 0 Å². The fourth-order valence-corrected chi connectivity index (χ4v) is 2.15. The molecule has 6 heteroatoms. The van der Waals surface area contributed by atoms with Crippen LogP contribution in [0, 0.1) is 0 Å². The molecule has 0 aliphatic heterocycles. The zero-order chi connectivity index (χ0) is 17.9. The molecule has 130 valence electrons. The summed E-state index contributed by atoms with van der Waals surface area (Å²) < 4.78 is 0. The highest BCUT2D eigenvalue weighted by molar-refractivity contribution is 5.94. The maximum Gasteiger partial charge on any atom is 0.251 e. The van der Waals surface area contributed by atoms with Crippen LogP contribution in [0.4, 0.5) is 0 Å². The third-order valence-electron chi connectivity index (χ3n) is 3.42. The van der Waals surface area contributed by atoms with E-state index in [9.17, 15) is 14.4 Å². The van der Waals surface area contributed by atoms with Gasteiger partial charge in [0.05, 0.1) is 13.0 Å². The number of benzene rings is 2. The second-order valence-electron chi connectivity index (χ2n) is 5.41. The molecule has 0 aliphatic rings. The molecule has 0 atom stereocenters. The average molecular weight is 339 g/mol. The van der Waals surface area contributed by atoms with Crippen LogP contribution in [-0.2, 0) is 16.0 Å². The van der Waals surface area contributed by atoms with Gasteiger partial charge in [0.15, 0.2) is 0 Å². The van der Waals surface area contributed by atoms with Gasteiger partial charge < -0.3 is 16.0 Å². The van der Waals surface area contributed by atoms with E-state index in [0.717, 1.165) is 5.56 Å².